The summed E-state index contributed by atoms with van der Waals surface area (Å²) in [4.78, 5) is 11.4. The summed E-state index contributed by atoms with van der Waals surface area (Å²) in [5.74, 6) is 0.593. The van der Waals surface area contributed by atoms with Crippen LogP contribution in [-0.4, -0.2) is 17.1 Å². The van der Waals surface area contributed by atoms with Crippen molar-refractivity contribution in [3.63, 3.8) is 0 Å². The third kappa shape index (κ3) is 2.79. The molecule has 0 spiro atoms. The molecule has 0 aliphatic heterocycles. The van der Waals surface area contributed by atoms with Crippen LogP contribution >= 0.6 is 0 Å². The third-order valence-electron chi connectivity index (χ3n) is 2.40. The Hall–Kier alpha value is -1.36. The summed E-state index contributed by atoms with van der Waals surface area (Å²) in [6, 6.07) is -0.439. The van der Waals surface area contributed by atoms with Crippen LogP contribution < -0.4 is 11.1 Å². The Kier molecular flexibility index (Phi) is 3.85. The van der Waals surface area contributed by atoms with Crippen molar-refractivity contribution in [2.75, 3.05) is 0 Å². The van der Waals surface area contributed by atoms with Gasteiger partial charge in [-0.05, 0) is 20.3 Å². The van der Waals surface area contributed by atoms with E-state index in [1.807, 2.05) is 20.8 Å². The van der Waals surface area contributed by atoms with Crippen LogP contribution in [0.4, 0.5) is 0 Å². The van der Waals surface area contributed by atoms with Crippen LogP contribution in [0.5, 0.6) is 0 Å². The first kappa shape index (κ1) is 11.7. The number of carbonyl (C=O) groups is 1. The maximum atomic E-state index is 11.4. The van der Waals surface area contributed by atoms with Gasteiger partial charge >= 0.3 is 0 Å². The van der Waals surface area contributed by atoms with Crippen LogP contribution in [0.15, 0.2) is 4.52 Å². The average molecular weight is 211 g/mol. The molecule has 1 atom stereocenters. The Morgan fingerprint density at radius 3 is 2.73 bits per heavy atom. The highest BCUT2D eigenvalue weighted by atomic mass is 16.5. The van der Waals surface area contributed by atoms with E-state index in [1.54, 1.807) is 0 Å². The van der Waals surface area contributed by atoms with Crippen molar-refractivity contribution in [3.8, 4) is 0 Å². The van der Waals surface area contributed by atoms with Crippen molar-refractivity contribution < 1.29 is 9.32 Å². The highest BCUT2D eigenvalue weighted by molar-refractivity contribution is 5.81. The van der Waals surface area contributed by atoms with Crippen LogP contribution in [0.1, 0.15) is 30.4 Å². The summed E-state index contributed by atoms with van der Waals surface area (Å²) in [5.41, 5.74) is 7.31. The summed E-state index contributed by atoms with van der Waals surface area (Å²) >= 11 is 0. The Morgan fingerprint density at radius 2 is 2.27 bits per heavy atom. The first-order valence-electron chi connectivity index (χ1n) is 5.01. The summed E-state index contributed by atoms with van der Waals surface area (Å²) in [6.07, 6.45) is 0.632. The molecule has 5 heteroatoms. The second kappa shape index (κ2) is 4.93. The van der Waals surface area contributed by atoms with Gasteiger partial charge < -0.3 is 15.6 Å². The molecule has 84 valence electrons. The summed E-state index contributed by atoms with van der Waals surface area (Å²) in [6.45, 7) is 5.97. The number of aryl methyl sites for hydroxylation is 2. The smallest absolute Gasteiger partial charge is 0.237 e. The minimum absolute atomic E-state index is 0.141. The molecule has 0 aromatic carbocycles. The lowest BCUT2D eigenvalue weighted by Gasteiger charge is -2.09. The second-order valence-electron chi connectivity index (χ2n) is 3.54. The zero-order valence-electron chi connectivity index (χ0n) is 9.33. The highest BCUT2D eigenvalue weighted by Gasteiger charge is 2.13. The normalized spacial score (nSPS) is 12.5. The van der Waals surface area contributed by atoms with Crippen molar-refractivity contribution in [3.05, 3.63) is 17.0 Å². The molecule has 0 saturated heterocycles. The molecular formula is C10H17N3O2. The number of carbonyl (C=O) groups excluding carboxylic acids is 1. The maximum absolute atomic E-state index is 11.4. The van der Waals surface area contributed by atoms with E-state index in [-0.39, 0.29) is 5.91 Å². The van der Waals surface area contributed by atoms with Gasteiger partial charge in [0, 0.05) is 12.1 Å². The number of nitrogens with one attached hydrogen (secondary N) is 1. The van der Waals surface area contributed by atoms with Gasteiger partial charge in [0.1, 0.15) is 5.76 Å². The molecule has 1 rings (SSSR count). The maximum Gasteiger partial charge on any atom is 0.237 e. The van der Waals surface area contributed by atoms with E-state index in [9.17, 15) is 4.79 Å². The van der Waals surface area contributed by atoms with Gasteiger partial charge in [-0.25, -0.2) is 0 Å². The number of hydrogen-bond donors (Lipinski definition) is 2. The molecule has 15 heavy (non-hydrogen) atoms. The second-order valence-corrected chi connectivity index (χ2v) is 3.54. The van der Waals surface area contributed by atoms with Crippen molar-refractivity contribution in [2.45, 2.75) is 39.8 Å². The van der Waals surface area contributed by atoms with E-state index in [0.717, 1.165) is 17.0 Å². The molecule has 0 radical (unpaired) electrons. The number of amides is 1. The standard InChI is InChI=1S/C10H17N3O2/c1-4-9(11)10(14)12-5-8-6(2)13-15-7(8)3/h9H,4-5,11H2,1-3H3,(H,12,14). The molecular weight excluding hydrogens is 194 g/mol. The fourth-order valence-electron chi connectivity index (χ4n) is 1.25. The predicted octanol–water partition coefficient (Wildman–Crippen LogP) is 0.645. The molecule has 1 aromatic heterocycles. The molecule has 1 aromatic rings. The Bertz CT molecular complexity index is 327. The molecule has 5 nitrogen and oxygen atoms in total. The lowest BCUT2D eigenvalue weighted by atomic mass is 10.2. The fraction of sp³-hybridized carbons (Fsp3) is 0.600. The van der Waals surface area contributed by atoms with Gasteiger partial charge in [-0.1, -0.05) is 12.1 Å². The summed E-state index contributed by atoms with van der Waals surface area (Å²) in [7, 11) is 0. The van der Waals surface area contributed by atoms with E-state index < -0.39 is 6.04 Å². The fourth-order valence-corrected chi connectivity index (χ4v) is 1.25. The largest absolute Gasteiger partial charge is 0.361 e. The zero-order chi connectivity index (χ0) is 11.4. The van der Waals surface area contributed by atoms with Gasteiger partial charge in [0.15, 0.2) is 0 Å². The molecule has 0 saturated carbocycles. The minimum Gasteiger partial charge on any atom is -0.361 e. The minimum atomic E-state index is -0.439. The molecule has 1 heterocycles. The monoisotopic (exact) mass is 211 g/mol. The molecule has 3 N–H and O–H groups in total. The number of aromatic nitrogens is 1. The van der Waals surface area contributed by atoms with Gasteiger partial charge in [0.25, 0.3) is 0 Å². The van der Waals surface area contributed by atoms with E-state index in [2.05, 4.69) is 10.5 Å². The SMILES string of the molecule is CCC(N)C(=O)NCc1c(C)noc1C. The number of hydrogen-bond acceptors (Lipinski definition) is 4. The van der Waals surface area contributed by atoms with E-state index >= 15 is 0 Å². The molecule has 0 fully saturated rings. The lowest BCUT2D eigenvalue weighted by Crippen LogP contribution is -2.39. The van der Waals surface area contributed by atoms with Gasteiger partial charge in [0.2, 0.25) is 5.91 Å². The van der Waals surface area contributed by atoms with Crippen LogP contribution in [0.3, 0.4) is 0 Å². The summed E-state index contributed by atoms with van der Waals surface area (Å²) in [5, 5.41) is 6.56. The molecule has 1 unspecified atom stereocenters. The summed E-state index contributed by atoms with van der Waals surface area (Å²) < 4.78 is 4.98. The average Bonchev–Trinajstić information content (AvgIpc) is 2.54. The zero-order valence-corrected chi connectivity index (χ0v) is 9.33. The highest BCUT2D eigenvalue weighted by Crippen LogP contribution is 2.11. The van der Waals surface area contributed by atoms with Gasteiger partial charge in [-0.15, -0.1) is 0 Å². The van der Waals surface area contributed by atoms with E-state index in [4.69, 9.17) is 10.3 Å². The van der Waals surface area contributed by atoms with Crippen LogP contribution in [0.2, 0.25) is 0 Å². The molecule has 0 aliphatic rings. The predicted molar refractivity (Wildman–Crippen MR) is 56.1 cm³/mol. The van der Waals surface area contributed by atoms with Gasteiger partial charge in [-0.2, -0.15) is 0 Å². The number of rotatable bonds is 4. The molecule has 1 amide bonds. The van der Waals surface area contributed by atoms with Crippen LogP contribution in [0.25, 0.3) is 0 Å². The van der Waals surface area contributed by atoms with Gasteiger partial charge in [-0.3, -0.25) is 4.79 Å². The number of nitrogens with zero attached hydrogens (tertiary/aromatic N) is 1. The number of nitrogens with two attached hydrogens (primary N) is 1. The quantitative estimate of drug-likeness (QED) is 0.766. The van der Waals surface area contributed by atoms with Crippen molar-refractivity contribution >= 4 is 5.91 Å². The Balaban J connectivity index is 2.54. The first-order chi connectivity index (χ1) is 7.06. The third-order valence-corrected chi connectivity index (χ3v) is 2.40. The van der Waals surface area contributed by atoms with E-state index in [1.165, 1.54) is 0 Å². The molecule has 0 aliphatic carbocycles. The van der Waals surface area contributed by atoms with Gasteiger partial charge in [0.05, 0.1) is 11.7 Å². The Labute approximate surface area is 89.0 Å². The van der Waals surface area contributed by atoms with Crippen molar-refractivity contribution in [2.24, 2.45) is 5.73 Å². The van der Waals surface area contributed by atoms with Crippen molar-refractivity contribution in [1.82, 2.24) is 10.5 Å². The van der Waals surface area contributed by atoms with E-state index in [0.29, 0.717) is 13.0 Å². The molecule has 0 bridgehead atoms. The van der Waals surface area contributed by atoms with Crippen LogP contribution in [0, 0.1) is 13.8 Å². The lowest BCUT2D eigenvalue weighted by molar-refractivity contribution is -0.122. The van der Waals surface area contributed by atoms with Crippen LogP contribution in [-0.2, 0) is 11.3 Å². The first-order valence-corrected chi connectivity index (χ1v) is 5.01. The van der Waals surface area contributed by atoms with Crippen molar-refractivity contribution in [1.29, 1.82) is 0 Å². The Morgan fingerprint density at radius 1 is 1.60 bits per heavy atom. The topological polar surface area (TPSA) is 81.2 Å².